The molecule has 0 N–H and O–H groups in total. The normalized spacial score (nSPS) is 20.6. The highest BCUT2D eigenvalue weighted by Gasteiger charge is 2.59. The van der Waals surface area contributed by atoms with Crippen molar-refractivity contribution in [3.63, 3.8) is 0 Å². The van der Waals surface area contributed by atoms with Crippen LogP contribution < -0.4 is 9.13 Å². The summed E-state index contributed by atoms with van der Waals surface area (Å²) in [4.78, 5) is 0. The lowest BCUT2D eigenvalue weighted by molar-refractivity contribution is -0.751. The second-order valence-corrected chi connectivity index (χ2v) is 14.5. The minimum atomic E-state index is -0.188. The molecule has 3 aromatic heterocycles. The molecule has 3 unspecified atom stereocenters. The number of rotatable bonds is 6. The molecule has 0 fully saturated rings. The van der Waals surface area contributed by atoms with Gasteiger partial charge in [-0.2, -0.15) is 9.13 Å². The van der Waals surface area contributed by atoms with Gasteiger partial charge in [0.2, 0.25) is 5.69 Å². The Labute approximate surface area is 292 Å². The van der Waals surface area contributed by atoms with Crippen LogP contribution in [-0.2, 0) is 11.0 Å². The summed E-state index contributed by atoms with van der Waals surface area (Å²) in [6.07, 6.45) is 6.36. The zero-order chi connectivity index (χ0) is 33.6. The second kappa shape index (κ2) is 10.8. The number of pyridine rings is 1. The van der Waals surface area contributed by atoms with Crippen molar-refractivity contribution in [1.82, 2.24) is 4.57 Å². The predicted octanol–water partition coefficient (Wildman–Crippen LogP) is 10.6. The van der Waals surface area contributed by atoms with Gasteiger partial charge in [-0.1, -0.05) is 93.6 Å². The van der Waals surface area contributed by atoms with E-state index in [2.05, 4.69) is 174 Å². The van der Waals surface area contributed by atoms with Crippen molar-refractivity contribution in [1.29, 1.82) is 0 Å². The van der Waals surface area contributed by atoms with Crippen LogP contribution in [0, 0.1) is 0 Å². The smallest absolute Gasteiger partial charge is 0.295 e. The van der Waals surface area contributed by atoms with Crippen LogP contribution in [0.5, 0.6) is 0 Å². The fraction of sp³-hybridized carbons (Fsp3) is 0.217. The average molecular weight is 652 g/mol. The molecule has 0 radical (unpaired) electrons. The molecule has 50 heavy (non-hydrogen) atoms. The SMILES string of the molecule is CCC1(C)c2ccccc2-c2n(-c3ccccc3)c3ccccc3[n+]2C1(CC)CCC1c2ccc3c(oc4ccccc43)c2-c2cccc[n+]21. The van der Waals surface area contributed by atoms with E-state index in [1.807, 2.05) is 0 Å². The molecule has 4 heteroatoms. The fourth-order valence-electron chi connectivity index (χ4n) is 10.1. The zero-order valence-electron chi connectivity index (χ0n) is 28.9. The van der Waals surface area contributed by atoms with Crippen LogP contribution >= 0.6 is 0 Å². The number of nitrogens with zero attached hydrogens (tertiary/aromatic N) is 3. The van der Waals surface area contributed by atoms with Gasteiger partial charge < -0.3 is 4.42 Å². The molecule has 0 aliphatic carbocycles. The van der Waals surface area contributed by atoms with Crippen molar-refractivity contribution < 1.29 is 13.6 Å². The molecule has 2 aliphatic rings. The molecule has 4 nitrogen and oxygen atoms in total. The molecule has 3 atom stereocenters. The molecule has 10 rings (SSSR count). The van der Waals surface area contributed by atoms with Gasteiger partial charge in [0.05, 0.1) is 11.1 Å². The number of hydrogen-bond acceptors (Lipinski definition) is 1. The van der Waals surface area contributed by atoms with Crippen LogP contribution in [0.3, 0.4) is 0 Å². The minimum absolute atomic E-state index is 0.101. The first-order valence-electron chi connectivity index (χ1n) is 18.3. The van der Waals surface area contributed by atoms with Gasteiger partial charge in [0, 0.05) is 40.3 Å². The summed E-state index contributed by atoms with van der Waals surface area (Å²) in [5.41, 5.74) is 12.0. The highest BCUT2D eigenvalue weighted by molar-refractivity contribution is 6.10. The van der Waals surface area contributed by atoms with E-state index < -0.39 is 0 Å². The second-order valence-electron chi connectivity index (χ2n) is 14.5. The molecule has 0 saturated heterocycles. The van der Waals surface area contributed by atoms with Crippen LogP contribution in [-0.4, -0.2) is 4.57 Å². The van der Waals surface area contributed by atoms with Crippen LogP contribution in [0.1, 0.15) is 63.6 Å². The van der Waals surface area contributed by atoms with Crippen molar-refractivity contribution in [2.24, 2.45) is 0 Å². The first kappa shape index (κ1) is 29.4. The summed E-state index contributed by atoms with van der Waals surface area (Å²) in [6, 6.07) is 49.1. The third-order valence-corrected chi connectivity index (χ3v) is 12.6. The minimum Gasteiger partial charge on any atom is -0.455 e. The number of para-hydroxylation sites is 4. The summed E-state index contributed by atoms with van der Waals surface area (Å²) >= 11 is 0. The van der Waals surface area contributed by atoms with Crippen molar-refractivity contribution >= 4 is 33.0 Å². The molecule has 8 aromatic rings. The molecule has 0 spiro atoms. The van der Waals surface area contributed by atoms with Gasteiger partial charge in [0.25, 0.3) is 5.82 Å². The first-order chi connectivity index (χ1) is 24.6. The summed E-state index contributed by atoms with van der Waals surface area (Å²) in [7, 11) is 0. The third kappa shape index (κ3) is 3.71. The summed E-state index contributed by atoms with van der Waals surface area (Å²) < 4.78 is 14.4. The maximum Gasteiger partial charge on any atom is 0.295 e. The Hall–Kier alpha value is -5.48. The maximum absolute atomic E-state index is 6.64. The number of imidazole rings is 1. The molecule has 2 aliphatic heterocycles. The number of fused-ring (bicyclic) bond motifs is 12. The molecule has 244 valence electrons. The van der Waals surface area contributed by atoms with Crippen LogP contribution in [0.4, 0.5) is 0 Å². The van der Waals surface area contributed by atoms with E-state index >= 15 is 0 Å². The van der Waals surface area contributed by atoms with Gasteiger partial charge in [0.1, 0.15) is 22.4 Å². The van der Waals surface area contributed by atoms with Gasteiger partial charge in [0.15, 0.2) is 23.3 Å². The molecular weight excluding hydrogens is 611 g/mol. The fourth-order valence-corrected chi connectivity index (χ4v) is 10.1. The van der Waals surface area contributed by atoms with Crippen molar-refractivity contribution in [3.05, 3.63) is 151 Å². The highest BCUT2D eigenvalue weighted by Crippen LogP contribution is 2.54. The van der Waals surface area contributed by atoms with E-state index in [-0.39, 0.29) is 17.0 Å². The van der Waals surface area contributed by atoms with Crippen molar-refractivity contribution in [3.8, 4) is 28.3 Å². The van der Waals surface area contributed by atoms with Gasteiger partial charge in [-0.05, 0) is 73.4 Å². The molecule has 0 amide bonds. The largest absolute Gasteiger partial charge is 0.455 e. The van der Waals surface area contributed by atoms with Crippen LogP contribution in [0.2, 0.25) is 0 Å². The summed E-state index contributed by atoms with van der Waals surface area (Å²) in [5, 5.41) is 2.37. The Morgan fingerprint density at radius 2 is 1.48 bits per heavy atom. The lowest BCUT2D eigenvalue weighted by Gasteiger charge is -2.50. The van der Waals surface area contributed by atoms with E-state index in [4.69, 9.17) is 4.42 Å². The predicted molar refractivity (Wildman–Crippen MR) is 202 cm³/mol. The maximum atomic E-state index is 6.64. The van der Waals surface area contributed by atoms with Crippen molar-refractivity contribution in [2.45, 2.75) is 63.5 Å². The Morgan fingerprint density at radius 3 is 2.34 bits per heavy atom. The van der Waals surface area contributed by atoms with E-state index in [9.17, 15) is 0 Å². The number of benzene rings is 5. The first-order valence-corrected chi connectivity index (χ1v) is 18.3. The number of furan rings is 1. The Balaban J connectivity index is 1.20. The zero-order valence-corrected chi connectivity index (χ0v) is 28.9. The van der Waals surface area contributed by atoms with E-state index in [1.54, 1.807) is 0 Å². The van der Waals surface area contributed by atoms with Crippen molar-refractivity contribution in [2.75, 3.05) is 0 Å². The Morgan fingerprint density at radius 1 is 0.720 bits per heavy atom. The summed E-state index contributed by atoms with van der Waals surface area (Å²) in [6.45, 7) is 7.37. The van der Waals surface area contributed by atoms with Gasteiger partial charge >= 0.3 is 0 Å². The molecule has 0 saturated carbocycles. The Kier molecular flexibility index (Phi) is 6.33. The number of aromatic nitrogens is 3. The number of hydrogen-bond donors (Lipinski definition) is 0. The lowest BCUT2D eigenvalue weighted by atomic mass is 9.58. The van der Waals surface area contributed by atoms with E-state index in [0.29, 0.717) is 0 Å². The quantitative estimate of drug-likeness (QED) is 0.164. The third-order valence-electron chi connectivity index (χ3n) is 12.6. The lowest BCUT2D eigenvalue weighted by Crippen LogP contribution is -2.69. The summed E-state index contributed by atoms with van der Waals surface area (Å²) in [5.74, 6) is 1.28. The van der Waals surface area contributed by atoms with Gasteiger partial charge in [-0.3, -0.25) is 0 Å². The van der Waals surface area contributed by atoms with Crippen LogP contribution in [0.25, 0.3) is 61.3 Å². The molecular formula is C46H41N3O+2. The van der Waals surface area contributed by atoms with E-state index in [0.717, 1.165) is 36.8 Å². The standard InChI is InChI=1S/C46H41N3O/c1-4-45(3)36-21-11-9-20-34(36)44-48(31-17-7-6-8-18-31)38-22-12-13-23-39(38)49(44)46(45,5-2)29-28-37-35-27-26-33-32-19-10-14-25-41(32)50-43(33)42(35)40-24-15-16-30-47(37)40/h6-27,30,37H,4-5,28-29H2,1-3H3/q+2. The molecule has 5 aromatic carbocycles. The van der Waals surface area contributed by atoms with Gasteiger partial charge in [-0.15, -0.1) is 0 Å². The van der Waals surface area contributed by atoms with Crippen LogP contribution in [0.15, 0.2) is 144 Å². The van der Waals surface area contributed by atoms with E-state index in [1.165, 1.54) is 61.3 Å². The van der Waals surface area contributed by atoms with Gasteiger partial charge in [-0.25, -0.2) is 4.57 Å². The monoisotopic (exact) mass is 651 g/mol. The average Bonchev–Trinajstić information content (AvgIpc) is 3.83. The molecule has 5 heterocycles. The topological polar surface area (TPSA) is 25.8 Å². The molecule has 0 bridgehead atoms. The Bertz CT molecular complexity index is 2610. The highest BCUT2D eigenvalue weighted by atomic mass is 16.3.